The van der Waals surface area contributed by atoms with Gasteiger partial charge in [0.05, 0.1) is 19.0 Å². The Morgan fingerprint density at radius 3 is 2.68 bits per heavy atom. The van der Waals surface area contributed by atoms with Crippen molar-refractivity contribution in [3.8, 4) is 6.01 Å². The minimum atomic E-state index is -4.45. The molecule has 1 aromatic carbocycles. The molecular weight excluding hydrogens is 333 g/mol. The second kappa shape index (κ2) is 6.92. The van der Waals surface area contributed by atoms with Gasteiger partial charge >= 0.3 is 12.2 Å². The fraction of sp³-hybridized carbons (Fsp3) is 0.235. The third-order valence-corrected chi connectivity index (χ3v) is 3.82. The number of methoxy groups -OCH3 is 1. The van der Waals surface area contributed by atoms with Crippen LogP contribution in [0.5, 0.6) is 6.01 Å². The molecule has 130 valence electrons. The number of nitrogens with one attached hydrogen (secondary N) is 1. The molecule has 0 saturated carbocycles. The number of hydrogen-bond donors (Lipinski definition) is 1. The molecule has 3 rings (SSSR count). The van der Waals surface area contributed by atoms with Crippen LogP contribution in [0.1, 0.15) is 28.4 Å². The zero-order valence-electron chi connectivity index (χ0n) is 13.3. The number of imidazole rings is 1. The molecule has 1 unspecified atom stereocenters. The van der Waals surface area contributed by atoms with E-state index >= 15 is 0 Å². The van der Waals surface area contributed by atoms with E-state index in [0.717, 1.165) is 6.07 Å². The van der Waals surface area contributed by atoms with Crippen LogP contribution in [0.25, 0.3) is 0 Å². The summed E-state index contributed by atoms with van der Waals surface area (Å²) in [4.78, 5) is 15.0. The van der Waals surface area contributed by atoms with Gasteiger partial charge in [0.2, 0.25) is 0 Å². The maximum absolute atomic E-state index is 13.4. The van der Waals surface area contributed by atoms with Crippen LogP contribution in [0.15, 0.2) is 49.1 Å². The largest absolute Gasteiger partial charge is 0.467 e. The monoisotopic (exact) mass is 348 g/mol. The quantitative estimate of drug-likeness (QED) is 0.765. The first-order chi connectivity index (χ1) is 12.0. The summed E-state index contributed by atoms with van der Waals surface area (Å²) in [6.45, 7) is 0. The minimum absolute atomic E-state index is 0.164. The van der Waals surface area contributed by atoms with Gasteiger partial charge in [0.25, 0.3) is 0 Å². The second-order valence-corrected chi connectivity index (χ2v) is 5.38. The van der Waals surface area contributed by atoms with Crippen LogP contribution in [0, 0.1) is 0 Å². The van der Waals surface area contributed by atoms with Crippen molar-refractivity contribution < 1.29 is 17.9 Å². The fourth-order valence-electron chi connectivity index (χ4n) is 2.70. The van der Waals surface area contributed by atoms with Gasteiger partial charge in [-0.2, -0.15) is 13.2 Å². The molecule has 0 spiro atoms. The van der Waals surface area contributed by atoms with Crippen molar-refractivity contribution in [2.24, 2.45) is 0 Å². The van der Waals surface area contributed by atoms with Gasteiger partial charge < -0.3 is 9.72 Å². The van der Waals surface area contributed by atoms with Gasteiger partial charge in [0, 0.05) is 36.1 Å². The number of halogens is 3. The molecule has 5 nitrogen and oxygen atoms in total. The fourth-order valence-corrected chi connectivity index (χ4v) is 2.70. The van der Waals surface area contributed by atoms with Crippen molar-refractivity contribution in [1.29, 1.82) is 0 Å². The molecule has 0 saturated heterocycles. The highest BCUT2D eigenvalue weighted by molar-refractivity contribution is 5.38. The van der Waals surface area contributed by atoms with Crippen LogP contribution < -0.4 is 4.74 Å². The molecule has 0 aliphatic heterocycles. The molecule has 0 amide bonds. The van der Waals surface area contributed by atoms with Crippen molar-refractivity contribution in [1.82, 2.24) is 19.9 Å². The third-order valence-electron chi connectivity index (χ3n) is 3.82. The van der Waals surface area contributed by atoms with Crippen molar-refractivity contribution in [2.75, 3.05) is 7.11 Å². The highest BCUT2D eigenvalue weighted by atomic mass is 19.4. The number of benzene rings is 1. The average molecular weight is 348 g/mol. The number of aromatic amines is 1. The van der Waals surface area contributed by atoms with E-state index in [0.29, 0.717) is 11.4 Å². The first-order valence-electron chi connectivity index (χ1n) is 7.49. The van der Waals surface area contributed by atoms with E-state index < -0.39 is 17.7 Å². The first kappa shape index (κ1) is 16.9. The van der Waals surface area contributed by atoms with Crippen LogP contribution in [-0.4, -0.2) is 27.0 Å². The number of ether oxygens (including phenoxy) is 1. The molecular formula is C17H15F3N4O. The predicted octanol–water partition coefficient (Wildman–Crippen LogP) is 3.60. The number of hydrogen-bond acceptors (Lipinski definition) is 4. The Bertz CT molecular complexity index is 834. The van der Waals surface area contributed by atoms with Gasteiger partial charge in [0.15, 0.2) is 0 Å². The van der Waals surface area contributed by atoms with Crippen LogP contribution in [0.4, 0.5) is 13.2 Å². The molecule has 8 heteroatoms. The maximum Gasteiger partial charge on any atom is 0.416 e. The summed E-state index contributed by atoms with van der Waals surface area (Å²) in [6, 6.07) is 7.36. The van der Waals surface area contributed by atoms with Crippen molar-refractivity contribution in [3.63, 3.8) is 0 Å². The Labute approximate surface area is 141 Å². The van der Waals surface area contributed by atoms with Gasteiger partial charge in [0.1, 0.15) is 0 Å². The average Bonchev–Trinajstić information content (AvgIpc) is 3.13. The Morgan fingerprint density at radius 1 is 1.20 bits per heavy atom. The number of H-pyrrole nitrogens is 1. The van der Waals surface area contributed by atoms with E-state index in [1.54, 1.807) is 12.1 Å². The van der Waals surface area contributed by atoms with Crippen LogP contribution in [0.2, 0.25) is 0 Å². The van der Waals surface area contributed by atoms with Crippen molar-refractivity contribution in [3.05, 3.63) is 71.6 Å². The van der Waals surface area contributed by atoms with Gasteiger partial charge in [-0.25, -0.2) is 15.0 Å². The topological polar surface area (TPSA) is 63.7 Å². The Kier molecular flexibility index (Phi) is 4.69. The van der Waals surface area contributed by atoms with Crippen molar-refractivity contribution in [2.45, 2.75) is 18.5 Å². The molecule has 0 aliphatic carbocycles. The first-order valence-corrected chi connectivity index (χ1v) is 7.49. The smallest absolute Gasteiger partial charge is 0.416 e. The van der Waals surface area contributed by atoms with E-state index in [-0.39, 0.29) is 18.0 Å². The molecule has 0 bridgehead atoms. The third kappa shape index (κ3) is 3.78. The Morgan fingerprint density at radius 2 is 2.00 bits per heavy atom. The normalized spacial score (nSPS) is 12.8. The Hall–Kier alpha value is -2.90. The number of aromatic nitrogens is 4. The second-order valence-electron chi connectivity index (χ2n) is 5.38. The molecule has 1 atom stereocenters. The van der Waals surface area contributed by atoms with Crippen molar-refractivity contribution >= 4 is 0 Å². The summed E-state index contributed by atoms with van der Waals surface area (Å²) in [5.41, 5.74) is 0.644. The van der Waals surface area contributed by atoms with E-state index in [9.17, 15) is 13.2 Å². The maximum atomic E-state index is 13.4. The van der Waals surface area contributed by atoms with Crippen LogP contribution in [0.3, 0.4) is 0 Å². The van der Waals surface area contributed by atoms with E-state index in [2.05, 4.69) is 19.9 Å². The molecule has 1 N–H and O–H groups in total. The van der Waals surface area contributed by atoms with Gasteiger partial charge in [-0.1, -0.05) is 18.2 Å². The SMILES string of the molecule is COc1nccc(CC(c2cnc[nH]2)c2ccccc2C(F)(F)F)n1. The number of rotatable bonds is 5. The highest BCUT2D eigenvalue weighted by Gasteiger charge is 2.35. The molecule has 0 radical (unpaired) electrons. The lowest BCUT2D eigenvalue weighted by atomic mass is 9.88. The highest BCUT2D eigenvalue weighted by Crippen LogP contribution is 2.38. The number of alkyl halides is 3. The summed E-state index contributed by atoms with van der Waals surface area (Å²) < 4.78 is 45.3. The van der Waals surface area contributed by atoms with E-state index in [1.807, 2.05) is 0 Å². The lowest BCUT2D eigenvalue weighted by molar-refractivity contribution is -0.138. The summed E-state index contributed by atoms with van der Waals surface area (Å²) in [6.07, 6.45) is 0.280. The van der Waals surface area contributed by atoms with E-state index in [4.69, 9.17) is 4.74 Å². The summed E-state index contributed by atoms with van der Waals surface area (Å²) in [5.74, 6) is -0.583. The Balaban J connectivity index is 2.05. The van der Waals surface area contributed by atoms with Crippen LogP contribution in [-0.2, 0) is 12.6 Å². The standard InChI is InChI=1S/C17H15F3N4O/c1-25-16-22-7-6-11(24-16)8-13(15-9-21-10-23-15)12-4-2-3-5-14(12)17(18,19)20/h2-7,9-10,13H,8H2,1H3,(H,21,23). The lowest BCUT2D eigenvalue weighted by Crippen LogP contribution is -2.15. The number of nitrogens with zero attached hydrogens (tertiary/aromatic N) is 3. The summed E-state index contributed by atoms with van der Waals surface area (Å²) in [5, 5.41) is 0. The minimum Gasteiger partial charge on any atom is -0.467 e. The zero-order chi connectivity index (χ0) is 17.9. The molecule has 3 aromatic rings. The summed E-state index contributed by atoms with van der Waals surface area (Å²) >= 11 is 0. The summed E-state index contributed by atoms with van der Waals surface area (Å²) in [7, 11) is 1.43. The molecule has 0 aliphatic rings. The van der Waals surface area contributed by atoms with E-state index in [1.165, 1.54) is 38.0 Å². The van der Waals surface area contributed by atoms with Gasteiger partial charge in [-0.05, 0) is 17.7 Å². The van der Waals surface area contributed by atoms with Crippen LogP contribution >= 0.6 is 0 Å². The molecule has 2 aromatic heterocycles. The zero-order valence-corrected chi connectivity index (χ0v) is 13.3. The van der Waals surface area contributed by atoms with Gasteiger partial charge in [-0.15, -0.1) is 0 Å². The molecule has 25 heavy (non-hydrogen) atoms. The lowest BCUT2D eigenvalue weighted by Gasteiger charge is -2.20. The molecule has 0 fully saturated rings. The van der Waals surface area contributed by atoms with Gasteiger partial charge in [-0.3, -0.25) is 0 Å². The molecule has 2 heterocycles. The predicted molar refractivity (Wildman–Crippen MR) is 84.2 cm³/mol.